The second-order valence-electron chi connectivity index (χ2n) is 4.58. The number of aromatic nitrogens is 3. The van der Waals surface area contributed by atoms with E-state index in [2.05, 4.69) is 10.2 Å². The first-order valence-electron chi connectivity index (χ1n) is 6.08. The van der Waals surface area contributed by atoms with Gasteiger partial charge in [-0.2, -0.15) is 0 Å². The highest BCUT2D eigenvalue weighted by atomic mass is 32.2. The third-order valence-electron chi connectivity index (χ3n) is 3.21. The molecule has 1 aromatic carbocycles. The molecule has 1 atom stereocenters. The maximum Gasteiger partial charge on any atom is 0.243 e. The van der Waals surface area contributed by atoms with Crippen molar-refractivity contribution in [3.63, 3.8) is 0 Å². The molecule has 0 saturated heterocycles. The minimum Gasteiger partial charge on any atom is -0.368 e. The Morgan fingerprint density at radius 3 is 2.50 bits per heavy atom. The van der Waals surface area contributed by atoms with Gasteiger partial charge in [0.25, 0.3) is 0 Å². The summed E-state index contributed by atoms with van der Waals surface area (Å²) < 4.78 is 1.84. The molecule has 6 nitrogen and oxygen atoms in total. The molecule has 7 heteroatoms. The number of benzene rings is 1. The van der Waals surface area contributed by atoms with Crippen molar-refractivity contribution in [1.29, 1.82) is 0 Å². The smallest absolute Gasteiger partial charge is 0.243 e. The van der Waals surface area contributed by atoms with Gasteiger partial charge in [0.05, 0.1) is 0 Å². The van der Waals surface area contributed by atoms with Gasteiger partial charge in [-0.3, -0.25) is 4.79 Å². The normalized spacial score (nSPS) is 13.9. The predicted octanol–water partition coefficient (Wildman–Crippen LogP) is 0.555. The van der Waals surface area contributed by atoms with Crippen LogP contribution in [0.25, 0.3) is 0 Å². The van der Waals surface area contributed by atoms with E-state index in [0.29, 0.717) is 16.5 Å². The third-order valence-corrected chi connectivity index (χ3v) is 4.42. The lowest BCUT2D eigenvalue weighted by atomic mass is 9.92. The van der Waals surface area contributed by atoms with E-state index in [0.717, 1.165) is 5.82 Å². The SMILES string of the molecule is Cc1nnc(SCC(N)(C(N)=O)c2ccccc2)n1C. The van der Waals surface area contributed by atoms with Gasteiger partial charge in [0.1, 0.15) is 11.4 Å². The summed E-state index contributed by atoms with van der Waals surface area (Å²) in [7, 11) is 1.86. The standard InChI is InChI=1S/C13H17N5OS/c1-9-16-17-12(18(9)2)20-8-13(15,11(14)19)10-6-4-3-5-7-10/h3-7H,8,15H2,1-2H3,(H2,14,19). The Hall–Kier alpha value is -1.86. The van der Waals surface area contributed by atoms with Gasteiger partial charge in [-0.15, -0.1) is 10.2 Å². The van der Waals surface area contributed by atoms with Crippen molar-refractivity contribution in [2.24, 2.45) is 18.5 Å². The zero-order valence-corrected chi connectivity index (χ0v) is 12.2. The highest BCUT2D eigenvalue weighted by Gasteiger charge is 2.34. The van der Waals surface area contributed by atoms with Gasteiger partial charge in [-0.25, -0.2) is 0 Å². The summed E-state index contributed by atoms with van der Waals surface area (Å²) in [5.41, 5.74) is 11.2. The Balaban J connectivity index is 2.23. The van der Waals surface area contributed by atoms with Crippen LogP contribution < -0.4 is 11.5 Å². The molecular weight excluding hydrogens is 274 g/mol. The topological polar surface area (TPSA) is 99.8 Å². The molecular formula is C13H17N5OS. The molecule has 2 rings (SSSR count). The molecule has 0 bridgehead atoms. The highest BCUT2D eigenvalue weighted by molar-refractivity contribution is 7.99. The molecule has 1 heterocycles. The fourth-order valence-electron chi connectivity index (χ4n) is 1.72. The van der Waals surface area contributed by atoms with Crippen LogP contribution in [0.5, 0.6) is 0 Å². The monoisotopic (exact) mass is 291 g/mol. The van der Waals surface area contributed by atoms with E-state index in [-0.39, 0.29) is 0 Å². The summed E-state index contributed by atoms with van der Waals surface area (Å²) in [5, 5.41) is 8.71. The molecule has 1 unspecified atom stereocenters. The number of primary amides is 1. The number of aryl methyl sites for hydroxylation is 1. The van der Waals surface area contributed by atoms with Gasteiger partial charge in [-0.1, -0.05) is 42.1 Å². The van der Waals surface area contributed by atoms with Gasteiger partial charge in [0.2, 0.25) is 5.91 Å². The lowest BCUT2D eigenvalue weighted by Gasteiger charge is -2.25. The molecule has 4 N–H and O–H groups in total. The molecule has 0 saturated carbocycles. The molecule has 0 radical (unpaired) electrons. The molecule has 20 heavy (non-hydrogen) atoms. The second kappa shape index (κ2) is 5.64. The zero-order valence-electron chi connectivity index (χ0n) is 11.4. The van der Waals surface area contributed by atoms with Crippen LogP contribution in [0.15, 0.2) is 35.5 Å². The van der Waals surface area contributed by atoms with E-state index in [1.807, 2.05) is 36.7 Å². The highest BCUT2D eigenvalue weighted by Crippen LogP contribution is 2.26. The lowest BCUT2D eigenvalue weighted by Crippen LogP contribution is -2.51. The van der Waals surface area contributed by atoms with Crippen LogP contribution in [0.3, 0.4) is 0 Å². The van der Waals surface area contributed by atoms with E-state index in [1.165, 1.54) is 11.8 Å². The van der Waals surface area contributed by atoms with Crippen molar-refractivity contribution >= 4 is 17.7 Å². The van der Waals surface area contributed by atoms with Crippen molar-refractivity contribution in [1.82, 2.24) is 14.8 Å². The second-order valence-corrected chi connectivity index (χ2v) is 5.52. The van der Waals surface area contributed by atoms with Crippen molar-refractivity contribution in [2.75, 3.05) is 5.75 Å². The first-order chi connectivity index (χ1) is 9.45. The Morgan fingerprint density at radius 2 is 2.00 bits per heavy atom. The number of hydrogen-bond donors (Lipinski definition) is 2. The summed E-state index contributed by atoms with van der Waals surface area (Å²) in [6.45, 7) is 1.86. The van der Waals surface area contributed by atoms with Gasteiger partial charge >= 0.3 is 0 Å². The zero-order chi connectivity index (χ0) is 14.8. The number of amides is 1. The van der Waals surface area contributed by atoms with E-state index < -0.39 is 11.4 Å². The predicted molar refractivity (Wildman–Crippen MR) is 78.0 cm³/mol. The number of carbonyl (C=O) groups excluding carboxylic acids is 1. The number of carbonyl (C=O) groups is 1. The van der Waals surface area contributed by atoms with Crippen LogP contribution in [-0.4, -0.2) is 26.4 Å². The number of nitrogens with zero attached hydrogens (tertiary/aromatic N) is 3. The molecule has 1 aromatic heterocycles. The van der Waals surface area contributed by atoms with E-state index in [1.54, 1.807) is 12.1 Å². The Morgan fingerprint density at radius 1 is 1.35 bits per heavy atom. The van der Waals surface area contributed by atoms with Crippen molar-refractivity contribution < 1.29 is 4.79 Å². The summed E-state index contributed by atoms with van der Waals surface area (Å²) in [6, 6.07) is 9.12. The molecule has 0 aliphatic heterocycles. The van der Waals surface area contributed by atoms with Crippen LogP contribution in [0, 0.1) is 6.92 Å². The summed E-state index contributed by atoms with van der Waals surface area (Å²) in [6.07, 6.45) is 0. The van der Waals surface area contributed by atoms with Crippen LogP contribution in [0.4, 0.5) is 0 Å². The molecule has 0 aliphatic carbocycles. The number of rotatable bonds is 5. The molecule has 0 fully saturated rings. The van der Waals surface area contributed by atoms with E-state index in [9.17, 15) is 4.79 Å². The number of nitrogens with two attached hydrogens (primary N) is 2. The quantitative estimate of drug-likeness (QED) is 0.784. The van der Waals surface area contributed by atoms with Crippen LogP contribution in [0.1, 0.15) is 11.4 Å². The van der Waals surface area contributed by atoms with Crippen LogP contribution in [0.2, 0.25) is 0 Å². The maximum atomic E-state index is 11.8. The van der Waals surface area contributed by atoms with Crippen LogP contribution >= 0.6 is 11.8 Å². The fraction of sp³-hybridized carbons (Fsp3) is 0.308. The Kier molecular flexibility index (Phi) is 4.10. The maximum absolute atomic E-state index is 11.8. The Labute approximate surface area is 121 Å². The van der Waals surface area contributed by atoms with Gasteiger partial charge in [0.15, 0.2) is 5.16 Å². The fourth-order valence-corrected chi connectivity index (χ4v) is 2.81. The largest absolute Gasteiger partial charge is 0.368 e. The number of thioether (sulfide) groups is 1. The molecule has 0 aliphatic rings. The number of hydrogen-bond acceptors (Lipinski definition) is 5. The molecule has 0 spiro atoms. The third kappa shape index (κ3) is 2.68. The minimum atomic E-state index is -1.23. The molecule has 106 valence electrons. The van der Waals surface area contributed by atoms with E-state index >= 15 is 0 Å². The average Bonchev–Trinajstić information content (AvgIpc) is 2.77. The van der Waals surface area contributed by atoms with Gasteiger partial charge < -0.3 is 16.0 Å². The summed E-state index contributed by atoms with van der Waals surface area (Å²) >= 11 is 1.36. The van der Waals surface area contributed by atoms with Gasteiger partial charge in [-0.05, 0) is 12.5 Å². The van der Waals surface area contributed by atoms with Crippen LogP contribution in [-0.2, 0) is 17.4 Å². The van der Waals surface area contributed by atoms with E-state index in [4.69, 9.17) is 11.5 Å². The summed E-state index contributed by atoms with van der Waals surface area (Å²) in [4.78, 5) is 11.8. The van der Waals surface area contributed by atoms with Gasteiger partial charge in [0, 0.05) is 12.8 Å². The Bertz CT molecular complexity index is 612. The first-order valence-corrected chi connectivity index (χ1v) is 7.07. The molecule has 2 aromatic rings. The van der Waals surface area contributed by atoms with Crippen molar-refractivity contribution in [3.8, 4) is 0 Å². The van der Waals surface area contributed by atoms with Crippen molar-refractivity contribution in [3.05, 3.63) is 41.7 Å². The van der Waals surface area contributed by atoms with Crippen molar-refractivity contribution in [2.45, 2.75) is 17.6 Å². The molecule has 1 amide bonds. The first kappa shape index (κ1) is 14.5. The average molecular weight is 291 g/mol. The lowest BCUT2D eigenvalue weighted by molar-refractivity contribution is -0.122. The summed E-state index contributed by atoms with van der Waals surface area (Å²) in [5.74, 6) is 0.544. The minimum absolute atomic E-state index is 0.304.